The van der Waals surface area contributed by atoms with E-state index in [-0.39, 0.29) is 11.2 Å². The van der Waals surface area contributed by atoms with Crippen LogP contribution in [0.3, 0.4) is 0 Å². The Balaban J connectivity index is 1.97. The maximum atomic E-state index is 11.8. The van der Waals surface area contributed by atoms with E-state index in [1.807, 2.05) is 42.5 Å². The number of thioether (sulfide) groups is 1. The molecule has 0 spiro atoms. The second kappa shape index (κ2) is 4.86. The van der Waals surface area contributed by atoms with Crippen LogP contribution in [0.5, 0.6) is 0 Å². The summed E-state index contributed by atoms with van der Waals surface area (Å²) in [7, 11) is 0. The number of benzene rings is 2. The van der Waals surface area contributed by atoms with E-state index in [2.05, 4.69) is 12.1 Å². The molecule has 0 aliphatic carbocycles. The third kappa shape index (κ3) is 2.14. The summed E-state index contributed by atoms with van der Waals surface area (Å²) in [5, 5.41) is 0.166. The highest BCUT2D eigenvalue weighted by molar-refractivity contribution is 7.99. The Morgan fingerprint density at radius 2 is 1.72 bits per heavy atom. The first kappa shape index (κ1) is 11.4. The van der Waals surface area contributed by atoms with Crippen molar-refractivity contribution in [2.45, 2.75) is 10.1 Å². The van der Waals surface area contributed by atoms with Crippen molar-refractivity contribution in [3.63, 3.8) is 0 Å². The number of fused-ring (bicyclic) bond motifs is 1. The van der Waals surface area contributed by atoms with Gasteiger partial charge < -0.3 is 4.74 Å². The normalized spacial score (nSPS) is 18.7. The number of rotatable bonds is 1. The van der Waals surface area contributed by atoms with Crippen molar-refractivity contribution in [1.82, 2.24) is 0 Å². The van der Waals surface area contributed by atoms with Gasteiger partial charge in [0.2, 0.25) is 0 Å². The van der Waals surface area contributed by atoms with E-state index in [1.54, 1.807) is 11.8 Å². The molecule has 0 saturated carbocycles. The molecule has 2 nitrogen and oxygen atoms in total. The van der Waals surface area contributed by atoms with Gasteiger partial charge in [0.05, 0.1) is 10.8 Å². The molecule has 3 rings (SSSR count). The molecule has 2 aromatic carbocycles. The van der Waals surface area contributed by atoms with E-state index in [0.29, 0.717) is 12.2 Å². The van der Waals surface area contributed by atoms with Crippen LogP contribution < -0.4 is 0 Å². The minimum atomic E-state index is -0.225. The molecule has 2 aromatic rings. The molecule has 3 heteroatoms. The van der Waals surface area contributed by atoms with Gasteiger partial charge in [-0.2, -0.15) is 0 Å². The largest absolute Gasteiger partial charge is 0.461 e. The fourth-order valence-electron chi connectivity index (χ4n) is 1.99. The molecular formula is C15H12O2S. The lowest BCUT2D eigenvalue weighted by atomic mass is 10.1. The molecule has 0 bridgehead atoms. The van der Waals surface area contributed by atoms with Crippen LogP contribution in [0.25, 0.3) is 0 Å². The Labute approximate surface area is 110 Å². The Kier molecular flexibility index (Phi) is 3.07. The molecule has 1 aliphatic heterocycles. The van der Waals surface area contributed by atoms with Crippen LogP contribution in [0.1, 0.15) is 21.2 Å². The second-order valence-corrected chi connectivity index (χ2v) is 5.36. The molecule has 1 atom stereocenters. The van der Waals surface area contributed by atoms with E-state index in [0.717, 1.165) is 4.90 Å². The van der Waals surface area contributed by atoms with Gasteiger partial charge in [0, 0.05) is 4.90 Å². The Bertz CT molecular complexity index is 566. The van der Waals surface area contributed by atoms with E-state index in [1.165, 1.54) is 5.56 Å². The predicted molar refractivity (Wildman–Crippen MR) is 71.8 cm³/mol. The van der Waals surface area contributed by atoms with Crippen molar-refractivity contribution in [2.75, 3.05) is 6.61 Å². The van der Waals surface area contributed by atoms with E-state index in [9.17, 15) is 4.79 Å². The number of hydrogen-bond acceptors (Lipinski definition) is 3. The minimum Gasteiger partial charge on any atom is -0.461 e. The average Bonchev–Trinajstić information content (AvgIpc) is 2.60. The summed E-state index contributed by atoms with van der Waals surface area (Å²) in [6.07, 6.45) is 0. The van der Waals surface area contributed by atoms with E-state index < -0.39 is 0 Å². The fraction of sp³-hybridized carbons (Fsp3) is 0.133. The molecule has 0 N–H and O–H groups in total. The van der Waals surface area contributed by atoms with Gasteiger partial charge in [-0.1, -0.05) is 42.5 Å². The molecule has 1 heterocycles. The first-order valence-corrected chi connectivity index (χ1v) is 6.70. The summed E-state index contributed by atoms with van der Waals surface area (Å²) < 4.78 is 5.34. The lowest BCUT2D eigenvalue weighted by Gasteiger charge is -2.13. The number of hydrogen-bond donors (Lipinski definition) is 0. The average molecular weight is 256 g/mol. The van der Waals surface area contributed by atoms with Crippen LogP contribution in [0.2, 0.25) is 0 Å². The van der Waals surface area contributed by atoms with Gasteiger partial charge in [-0.05, 0) is 17.7 Å². The molecule has 1 unspecified atom stereocenters. The molecule has 0 saturated heterocycles. The van der Waals surface area contributed by atoms with Crippen LogP contribution in [-0.4, -0.2) is 12.6 Å². The summed E-state index contributed by atoms with van der Waals surface area (Å²) >= 11 is 1.69. The Morgan fingerprint density at radius 1 is 1.00 bits per heavy atom. The quantitative estimate of drug-likeness (QED) is 0.728. The first-order valence-electron chi connectivity index (χ1n) is 5.82. The van der Waals surface area contributed by atoms with Crippen molar-refractivity contribution in [1.29, 1.82) is 0 Å². The topological polar surface area (TPSA) is 26.3 Å². The molecule has 1 aliphatic rings. The molecule has 0 amide bonds. The van der Waals surface area contributed by atoms with Crippen molar-refractivity contribution in [3.05, 3.63) is 65.7 Å². The number of cyclic esters (lactones) is 1. The molecular weight excluding hydrogens is 244 g/mol. The molecule has 0 aromatic heterocycles. The van der Waals surface area contributed by atoms with Gasteiger partial charge in [0.1, 0.15) is 6.61 Å². The van der Waals surface area contributed by atoms with Crippen molar-refractivity contribution < 1.29 is 9.53 Å². The van der Waals surface area contributed by atoms with E-state index in [4.69, 9.17) is 4.74 Å². The van der Waals surface area contributed by atoms with Crippen molar-refractivity contribution in [3.8, 4) is 0 Å². The van der Waals surface area contributed by atoms with Crippen LogP contribution in [0.15, 0.2) is 59.5 Å². The Morgan fingerprint density at radius 3 is 2.56 bits per heavy atom. The van der Waals surface area contributed by atoms with Gasteiger partial charge in [0.15, 0.2) is 0 Å². The number of esters is 1. The van der Waals surface area contributed by atoms with Crippen LogP contribution in [0, 0.1) is 0 Å². The maximum absolute atomic E-state index is 11.8. The second-order valence-electron chi connectivity index (χ2n) is 4.11. The lowest BCUT2D eigenvalue weighted by Crippen LogP contribution is -2.07. The standard InChI is InChI=1S/C15H12O2S/c16-15-12-8-4-5-9-13(12)18-14(10-17-15)11-6-2-1-3-7-11/h1-9,14H,10H2. The highest BCUT2D eigenvalue weighted by Gasteiger charge is 2.24. The summed E-state index contributed by atoms with van der Waals surface area (Å²) in [6.45, 7) is 0.419. The van der Waals surface area contributed by atoms with Gasteiger partial charge in [-0.15, -0.1) is 11.8 Å². The molecule has 0 fully saturated rings. The number of carbonyl (C=O) groups excluding carboxylic acids is 1. The van der Waals surface area contributed by atoms with Crippen LogP contribution >= 0.6 is 11.8 Å². The summed E-state index contributed by atoms with van der Waals surface area (Å²) in [5.74, 6) is -0.225. The lowest BCUT2D eigenvalue weighted by molar-refractivity contribution is 0.0507. The summed E-state index contributed by atoms with van der Waals surface area (Å²) in [5.41, 5.74) is 1.85. The van der Waals surface area contributed by atoms with Gasteiger partial charge in [0.25, 0.3) is 0 Å². The zero-order valence-electron chi connectivity index (χ0n) is 9.71. The monoisotopic (exact) mass is 256 g/mol. The molecule has 0 radical (unpaired) electrons. The van der Waals surface area contributed by atoms with Crippen LogP contribution in [-0.2, 0) is 4.74 Å². The third-order valence-corrected chi connectivity index (χ3v) is 4.22. The summed E-state index contributed by atoms with van der Waals surface area (Å²) in [6, 6.07) is 17.8. The van der Waals surface area contributed by atoms with Gasteiger partial charge >= 0.3 is 5.97 Å². The zero-order chi connectivity index (χ0) is 12.4. The fourth-order valence-corrected chi connectivity index (χ4v) is 3.16. The zero-order valence-corrected chi connectivity index (χ0v) is 10.5. The predicted octanol–water partition coefficient (Wildman–Crippen LogP) is 3.69. The van der Waals surface area contributed by atoms with Crippen molar-refractivity contribution in [2.24, 2.45) is 0 Å². The van der Waals surface area contributed by atoms with Gasteiger partial charge in [-0.3, -0.25) is 0 Å². The molecule has 90 valence electrons. The van der Waals surface area contributed by atoms with Crippen molar-refractivity contribution >= 4 is 17.7 Å². The maximum Gasteiger partial charge on any atom is 0.339 e. The first-order chi connectivity index (χ1) is 8.84. The highest BCUT2D eigenvalue weighted by Crippen LogP contribution is 2.39. The molecule has 18 heavy (non-hydrogen) atoms. The number of ether oxygens (including phenoxy) is 1. The van der Waals surface area contributed by atoms with E-state index >= 15 is 0 Å². The minimum absolute atomic E-state index is 0.166. The third-order valence-electron chi connectivity index (χ3n) is 2.91. The SMILES string of the molecule is O=C1OCC(c2ccccc2)Sc2ccccc21. The van der Waals surface area contributed by atoms with Crippen LogP contribution in [0.4, 0.5) is 0 Å². The Hall–Kier alpha value is -1.74. The van der Waals surface area contributed by atoms with Gasteiger partial charge in [-0.25, -0.2) is 4.79 Å². The highest BCUT2D eigenvalue weighted by atomic mass is 32.2. The summed E-state index contributed by atoms with van der Waals surface area (Å²) in [4.78, 5) is 12.8. The smallest absolute Gasteiger partial charge is 0.339 e. The number of carbonyl (C=O) groups is 1.